The van der Waals surface area contributed by atoms with Crippen molar-refractivity contribution in [2.24, 2.45) is 34.5 Å². The highest BCUT2D eigenvalue weighted by atomic mass is 14.6. The molecular weight excluding hydrogens is 228 g/mol. The van der Waals surface area contributed by atoms with Gasteiger partial charge in [0.25, 0.3) is 0 Å². The molecule has 5 atom stereocenters. The summed E-state index contributed by atoms with van der Waals surface area (Å²) in [6.45, 7) is 15.0. The predicted molar refractivity (Wildman–Crippen MR) is 85.2 cm³/mol. The molecule has 0 radical (unpaired) electrons. The average Bonchev–Trinajstić information content (AvgIpc) is 2.37. The van der Waals surface area contributed by atoms with E-state index in [0.29, 0.717) is 10.8 Å². The Balaban J connectivity index is 2.23. The molecule has 2 saturated carbocycles. The molecule has 0 N–H and O–H groups in total. The van der Waals surface area contributed by atoms with Gasteiger partial charge in [0.1, 0.15) is 0 Å². The molecule has 5 unspecified atom stereocenters. The SMILES string of the molecule is CCCC1C2CCC(C)(C)C(C)C2CCC1(C)CC. The zero-order valence-corrected chi connectivity index (χ0v) is 14.3. The summed E-state index contributed by atoms with van der Waals surface area (Å²) in [6, 6.07) is 0. The second-order valence-electron chi connectivity index (χ2n) is 8.59. The Kier molecular flexibility index (Phi) is 4.38. The van der Waals surface area contributed by atoms with Crippen LogP contribution in [0.4, 0.5) is 0 Å². The Hall–Kier alpha value is 0. The predicted octanol–water partition coefficient (Wildman–Crippen LogP) is 6.30. The molecule has 0 spiro atoms. The number of fused-ring (bicyclic) bond motifs is 1. The van der Waals surface area contributed by atoms with E-state index in [4.69, 9.17) is 0 Å². The second-order valence-corrected chi connectivity index (χ2v) is 8.59. The van der Waals surface area contributed by atoms with Crippen LogP contribution in [0.1, 0.15) is 86.5 Å². The molecule has 0 amide bonds. The van der Waals surface area contributed by atoms with Gasteiger partial charge in [-0.3, -0.25) is 0 Å². The van der Waals surface area contributed by atoms with E-state index < -0.39 is 0 Å². The highest BCUT2D eigenvalue weighted by Crippen LogP contribution is 2.59. The second kappa shape index (κ2) is 5.41. The Bertz CT molecular complexity index is 303. The third kappa shape index (κ3) is 2.61. The topological polar surface area (TPSA) is 0 Å². The molecule has 0 aromatic rings. The van der Waals surface area contributed by atoms with Crippen LogP contribution >= 0.6 is 0 Å². The lowest BCUT2D eigenvalue weighted by Gasteiger charge is -2.57. The zero-order valence-electron chi connectivity index (χ0n) is 14.3. The summed E-state index contributed by atoms with van der Waals surface area (Å²) in [5.74, 6) is 3.97. The van der Waals surface area contributed by atoms with Gasteiger partial charge in [-0.1, -0.05) is 54.4 Å². The van der Waals surface area contributed by atoms with Crippen molar-refractivity contribution >= 4 is 0 Å². The fourth-order valence-corrected chi connectivity index (χ4v) is 5.41. The van der Waals surface area contributed by atoms with Crippen molar-refractivity contribution in [2.45, 2.75) is 86.5 Å². The van der Waals surface area contributed by atoms with E-state index in [1.54, 1.807) is 0 Å². The molecule has 0 bridgehead atoms. The van der Waals surface area contributed by atoms with Crippen molar-refractivity contribution in [3.8, 4) is 0 Å². The van der Waals surface area contributed by atoms with Gasteiger partial charge in [0.2, 0.25) is 0 Å². The first-order valence-electron chi connectivity index (χ1n) is 8.85. The van der Waals surface area contributed by atoms with Crippen LogP contribution in [-0.2, 0) is 0 Å². The molecule has 0 nitrogen and oxygen atoms in total. The normalized spacial score (nSPS) is 45.8. The van der Waals surface area contributed by atoms with E-state index in [1.807, 2.05) is 0 Å². The van der Waals surface area contributed by atoms with Crippen molar-refractivity contribution in [3.63, 3.8) is 0 Å². The molecule has 0 heteroatoms. The fourth-order valence-electron chi connectivity index (χ4n) is 5.41. The summed E-state index contributed by atoms with van der Waals surface area (Å²) in [6.07, 6.45) is 10.2. The van der Waals surface area contributed by atoms with Gasteiger partial charge in [0.05, 0.1) is 0 Å². The van der Waals surface area contributed by atoms with Crippen LogP contribution in [0.15, 0.2) is 0 Å². The van der Waals surface area contributed by atoms with Crippen molar-refractivity contribution < 1.29 is 0 Å². The minimum Gasteiger partial charge on any atom is -0.0654 e. The van der Waals surface area contributed by atoms with Gasteiger partial charge in [-0.2, -0.15) is 0 Å². The number of rotatable bonds is 3. The lowest BCUT2D eigenvalue weighted by atomic mass is 9.48. The molecule has 0 saturated heterocycles. The van der Waals surface area contributed by atoms with E-state index in [1.165, 1.54) is 44.9 Å². The summed E-state index contributed by atoms with van der Waals surface area (Å²) >= 11 is 0. The van der Waals surface area contributed by atoms with Gasteiger partial charge in [-0.15, -0.1) is 0 Å². The Labute approximate surface area is 121 Å². The van der Waals surface area contributed by atoms with Gasteiger partial charge < -0.3 is 0 Å². The van der Waals surface area contributed by atoms with Gasteiger partial charge in [-0.25, -0.2) is 0 Å². The average molecular weight is 264 g/mol. The van der Waals surface area contributed by atoms with Gasteiger partial charge >= 0.3 is 0 Å². The Morgan fingerprint density at radius 2 is 1.58 bits per heavy atom. The monoisotopic (exact) mass is 264 g/mol. The molecule has 19 heavy (non-hydrogen) atoms. The first-order chi connectivity index (χ1) is 8.85. The van der Waals surface area contributed by atoms with E-state index in [2.05, 4.69) is 41.5 Å². The summed E-state index contributed by atoms with van der Waals surface area (Å²) in [5, 5.41) is 0. The highest BCUT2D eigenvalue weighted by Gasteiger charge is 2.50. The van der Waals surface area contributed by atoms with Crippen molar-refractivity contribution in [1.29, 1.82) is 0 Å². The maximum Gasteiger partial charge on any atom is -0.0297 e. The highest BCUT2D eigenvalue weighted by molar-refractivity contribution is 5.00. The Morgan fingerprint density at radius 3 is 2.16 bits per heavy atom. The van der Waals surface area contributed by atoms with Crippen LogP contribution in [0.5, 0.6) is 0 Å². The number of hydrogen-bond acceptors (Lipinski definition) is 0. The van der Waals surface area contributed by atoms with Crippen LogP contribution in [0.2, 0.25) is 0 Å². The van der Waals surface area contributed by atoms with Gasteiger partial charge in [0.15, 0.2) is 0 Å². The summed E-state index contributed by atoms with van der Waals surface area (Å²) < 4.78 is 0. The molecule has 0 heterocycles. The summed E-state index contributed by atoms with van der Waals surface area (Å²) in [7, 11) is 0. The quantitative estimate of drug-likeness (QED) is 0.561. The van der Waals surface area contributed by atoms with Crippen molar-refractivity contribution in [2.75, 3.05) is 0 Å². The van der Waals surface area contributed by atoms with Crippen LogP contribution in [-0.4, -0.2) is 0 Å². The molecule has 0 aliphatic heterocycles. The first-order valence-corrected chi connectivity index (χ1v) is 8.85. The lowest BCUT2D eigenvalue weighted by Crippen LogP contribution is -2.49. The number of hydrogen-bond donors (Lipinski definition) is 0. The van der Waals surface area contributed by atoms with Gasteiger partial charge in [-0.05, 0) is 66.6 Å². The summed E-state index contributed by atoms with van der Waals surface area (Å²) in [5.41, 5.74) is 1.22. The van der Waals surface area contributed by atoms with E-state index in [-0.39, 0.29) is 0 Å². The molecule has 2 aliphatic carbocycles. The van der Waals surface area contributed by atoms with Gasteiger partial charge in [0, 0.05) is 0 Å². The van der Waals surface area contributed by atoms with E-state index in [0.717, 1.165) is 23.7 Å². The van der Waals surface area contributed by atoms with Crippen LogP contribution in [0.3, 0.4) is 0 Å². The maximum atomic E-state index is 2.59. The molecule has 0 aromatic heterocycles. The largest absolute Gasteiger partial charge is 0.0654 e. The smallest absolute Gasteiger partial charge is 0.0297 e. The molecule has 0 aromatic carbocycles. The van der Waals surface area contributed by atoms with Crippen LogP contribution in [0.25, 0.3) is 0 Å². The fraction of sp³-hybridized carbons (Fsp3) is 1.00. The van der Waals surface area contributed by atoms with Crippen LogP contribution in [0, 0.1) is 34.5 Å². The zero-order chi connectivity index (χ0) is 14.3. The standard InChI is InChI=1S/C19H36/c1-7-9-17-16-10-12-18(4,5)14(3)15(16)11-13-19(17,6)8-2/h14-17H,7-13H2,1-6H3. The maximum absolute atomic E-state index is 2.59. The third-order valence-electron chi connectivity index (χ3n) is 7.41. The minimum atomic E-state index is 0.581. The van der Waals surface area contributed by atoms with Crippen molar-refractivity contribution in [1.82, 2.24) is 0 Å². The lowest BCUT2D eigenvalue weighted by molar-refractivity contribution is -0.0746. The molecule has 2 fully saturated rings. The molecular formula is C19H36. The third-order valence-corrected chi connectivity index (χ3v) is 7.41. The molecule has 2 aliphatic rings. The molecule has 2 rings (SSSR count). The Morgan fingerprint density at radius 1 is 0.947 bits per heavy atom. The molecule has 112 valence electrons. The first kappa shape index (κ1) is 15.4. The summed E-state index contributed by atoms with van der Waals surface area (Å²) in [4.78, 5) is 0. The van der Waals surface area contributed by atoms with Crippen molar-refractivity contribution in [3.05, 3.63) is 0 Å². The van der Waals surface area contributed by atoms with Crippen LogP contribution < -0.4 is 0 Å². The van der Waals surface area contributed by atoms with E-state index in [9.17, 15) is 0 Å². The minimum absolute atomic E-state index is 0.581. The van der Waals surface area contributed by atoms with E-state index >= 15 is 0 Å².